The molecule has 0 fully saturated rings. The second-order valence-electron chi connectivity index (χ2n) is 4.78. The minimum absolute atomic E-state index is 0.0533. The van der Waals surface area contributed by atoms with E-state index in [0.29, 0.717) is 0 Å². The first-order chi connectivity index (χ1) is 9.00. The van der Waals surface area contributed by atoms with Crippen LogP contribution >= 0.6 is 15.9 Å². The Morgan fingerprint density at radius 3 is 2.42 bits per heavy atom. The van der Waals surface area contributed by atoms with E-state index in [0.717, 1.165) is 20.9 Å². The van der Waals surface area contributed by atoms with Crippen molar-refractivity contribution >= 4 is 38.3 Å². The van der Waals surface area contributed by atoms with Gasteiger partial charge in [0.05, 0.1) is 5.92 Å². The van der Waals surface area contributed by atoms with Crippen molar-refractivity contribution in [3.05, 3.63) is 40.9 Å². The monoisotopic (exact) mass is 320 g/mol. The Bertz CT molecular complexity index is 610. The number of nitrogens with one attached hydrogen (secondary N) is 1. The Morgan fingerprint density at radius 1 is 1.16 bits per heavy atom. The highest BCUT2D eigenvalue weighted by Gasteiger charge is 2.17. The molecule has 19 heavy (non-hydrogen) atoms. The van der Waals surface area contributed by atoms with Gasteiger partial charge in [0.2, 0.25) is 5.91 Å². The summed E-state index contributed by atoms with van der Waals surface area (Å²) >= 11 is 3.52. The molecule has 0 aliphatic carbocycles. The van der Waals surface area contributed by atoms with Crippen LogP contribution < -0.4 is 11.1 Å². The van der Waals surface area contributed by atoms with Crippen LogP contribution in [0.3, 0.4) is 0 Å². The maximum Gasteiger partial charge on any atom is 0.228 e. The smallest absolute Gasteiger partial charge is 0.228 e. The third-order valence-electron chi connectivity index (χ3n) is 3.33. The Morgan fingerprint density at radius 2 is 1.79 bits per heavy atom. The molecule has 3 nitrogen and oxygen atoms in total. The van der Waals surface area contributed by atoms with Crippen molar-refractivity contribution in [2.45, 2.75) is 19.9 Å². The highest BCUT2D eigenvalue weighted by atomic mass is 79.9. The molecule has 0 bridgehead atoms. The number of hydrogen-bond donors (Lipinski definition) is 2. The van der Waals surface area contributed by atoms with E-state index in [1.54, 1.807) is 0 Å². The summed E-state index contributed by atoms with van der Waals surface area (Å²) in [5, 5.41) is 5.05. The molecule has 0 heterocycles. The quantitative estimate of drug-likeness (QED) is 0.909. The van der Waals surface area contributed by atoms with Crippen molar-refractivity contribution in [2.24, 2.45) is 11.7 Å². The molecule has 0 radical (unpaired) electrons. The Labute approximate surface area is 121 Å². The molecule has 2 atom stereocenters. The van der Waals surface area contributed by atoms with E-state index in [1.807, 2.05) is 50.2 Å². The van der Waals surface area contributed by atoms with Gasteiger partial charge in [-0.3, -0.25) is 4.79 Å². The van der Waals surface area contributed by atoms with Crippen LogP contribution in [0.15, 0.2) is 40.9 Å². The molecular weight excluding hydrogens is 304 g/mol. The lowest BCUT2D eigenvalue weighted by Gasteiger charge is -2.16. The molecule has 3 N–H and O–H groups in total. The molecule has 0 saturated carbocycles. The summed E-state index contributed by atoms with van der Waals surface area (Å²) in [6.07, 6.45) is 0. The third kappa shape index (κ3) is 2.96. The summed E-state index contributed by atoms with van der Waals surface area (Å²) in [6.45, 7) is 3.67. The van der Waals surface area contributed by atoms with Gasteiger partial charge >= 0.3 is 0 Å². The van der Waals surface area contributed by atoms with Crippen molar-refractivity contribution in [3.63, 3.8) is 0 Å². The van der Waals surface area contributed by atoms with Gasteiger partial charge in [-0.1, -0.05) is 47.1 Å². The maximum atomic E-state index is 12.1. The van der Waals surface area contributed by atoms with Crippen LogP contribution in [0.2, 0.25) is 0 Å². The summed E-state index contributed by atoms with van der Waals surface area (Å²) in [5.41, 5.74) is 6.57. The number of fused-ring (bicyclic) bond motifs is 1. The number of nitrogens with two attached hydrogens (primary N) is 1. The number of carbonyl (C=O) groups is 1. The highest BCUT2D eigenvalue weighted by molar-refractivity contribution is 9.10. The van der Waals surface area contributed by atoms with Gasteiger partial charge in [-0.15, -0.1) is 0 Å². The normalized spacial score (nSPS) is 14.1. The van der Waals surface area contributed by atoms with Crippen molar-refractivity contribution < 1.29 is 4.79 Å². The van der Waals surface area contributed by atoms with Gasteiger partial charge in [0.25, 0.3) is 0 Å². The fourth-order valence-corrected chi connectivity index (χ4v) is 2.33. The lowest BCUT2D eigenvalue weighted by Crippen LogP contribution is -2.34. The molecular formula is C15H17BrN2O. The minimum Gasteiger partial charge on any atom is -0.327 e. The number of hydrogen-bond acceptors (Lipinski definition) is 2. The summed E-state index contributed by atoms with van der Waals surface area (Å²) in [6, 6.07) is 11.6. The van der Waals surface area contributed by atoms with Crippen molar-refractivity contribution in [3.8, 4) is 0 Å². The van der Waals surface area contributed by atoms with Crippen LogP contribution in [0, 0.1) is 5.92 Å². The van der Waals surface area contributed by atoms with Gasteiger partial charge in [-0.25, -0.2) is 0 Å². The van der Waals surface area contributed by atoms with Gasteiger partial charge in [-0.2, -0.15) is 0 Å². The van der Waals surface area contributed by atoms with Crippen molar-refractivity contribution in [1.82, 2.24) is 0 Å². The molecule has 100 valence electrons. The van der Waals surface area contributed by atoms with E-state index in [9.17, 15) is 4.79 Å². The molecule has 0 spiro atoms. The van der Waals surface area contributed by atoms with E-state index < -0.39 is 0 Å². The zero-order valence-electron chi connectivity index (χ0n) is 11.0. The number of halogens is 1. The molecule has 0 saturated heterocycles. The molecule has 2 aromatic rings. The predicted octanol–water partition coefficient (Wildman–Crippen LogP) is 3.52. The second kappa shape index (κ2) is 5.72. The molecule has 0 aromatic heterocycles. The van der Waals surface area contributed by atoms with E-state index in [4.69, 9.17) is 5.73 Å². The summed E-state index contributed by atoms with van der Waals surface area (Å²) in [4.78, 5) is 12.1. The lowest BCUT2D eigenvalue weighted by atomic mass is 10.0. The van der Waals surface area contributed by atoms with Crippen molar-refractivity contribution in [2.75, 3.05) is 5.32 Å². The second-order valence-corrected chi connectivity index (χ2v) is 5.63. The minimum atomic E-state index is -0.220. The Kier molecular flexibility index (Phi) is 4.22. The van der Waals surface area contributed by atoms with Gasteiger partial charge in [0.15, 0.2) is 0 Å². The number of carbonyl (C=O) groups excluding carboxylic acids is 1. The SMILES string of the molecule is CC(N)C(C)C(=O)Nc1ccc(Br)c2ccccc12. The number of benzene rings is 2. The van der Waals surface area contributed by atoms with E-state index in [1.165, 1.54) is 0 Å². The number of rotatable bonds is 3. The maximum absolute atomic E-state index is 12.1. The van der Waals surface area contributed by atoms with Gasteiger partial charge in [-0.05, 0) is 24.4 Å². The molecule has 0 aliphatic rings. The molecule has 0 aliphatic heterocycles. The van der Waals surface area contributed by atoms with E-state index >= 15 is 0 Å². The topological polar surface area (TPSA) is 55.1 Å². The van der Waals surface area contributed by atoms with Gasteiger partial charge in [0.1, 0.15) is 0 Å². The van der Waals surface area contributed by atoms with Crippen LogP contribution in [-0.2, 0) is 4.79 Å². The number of anilines is 1. The largest absolute Gasteiger partial charge is 0.327 e. The first-order valence-electron chi connectivity index (χ1n) is 6.24. The van der Waals surface area contributed by atoms with Crippen LogP contribution in [0.25, 0.3) is 10.8 Å². The fourth-order valence-electron chi connectivity index (χ4n) is 1.86. The zero-order valence-corrected chi connectivity index (χ0v) is 12.6. The Balaban J connectivity index is 2.36. The molecule has 4 heteroatoms. The average molecular weight is 321 g/mol. The molecule has 2 aromatic carbocycles. The van der Waals surface area contributed by atoms with Crippen LogP contribution in [0.5, 0.6) is 0 Å². The summed E-state index contributed by atoms with van der Waals surface area (Å²) < 4.78 is 1.02. The number of amides is 1. The van der Waals surface area contributed by atoms with Crippen molar-refractivity contribution in [1.29, 1.82) is 0 Å². The van der Waals surface area contributed by atoms with E-state index in [-0.39, 0.29) is 17.9 Å². The van der Waals surface area contributed by atoms with Gasteiger partial charge < -0.3 is 11.1 Å². The van der Waals surface area contributed by atoms with E-state index in [2.05, 4.69) is 21.2 Å². The fraction of sp³-hybridized carbons (Fsp3) is 0.267. The Hall–Kier alpha value is -1.39. The zero-order chi connectivity index (χ0) is 14.0. The first-order valence-corrected chi connectivity index (χ1v) is 7.03. The summed E-state index contributed by atoms with van der Waals surface area (Å²) in [5.74, 6) is -0.273. The van der Waals surface area contributed by atoms with Crippen LogP contribution in [0.4, 0.5) is 5.69 Å². The molecule has 2 rings (SSSR count). The molecule has 1 amide bonds. The average Bonchev–Trinajstić information content (AvgIpc) is 2.41. The molecule has 2 unspecified atom stereocenters. The lowest BCUT2D eigenvalue weighted by molar-refractivity contribution is -0.119. The predicted molar refractivity (Wildman–Crippen MR) is 83.1 cm³/mol. The van der Waals surface area contributed by atoms with Crippen LogP contribution in [0.1, 0.15) is 13.8 Å². The standard InChI is InChI=1S/C15H17BrN2O/c1-9(10(2)17)15(19)18-14-8-7-13(16)11-5-3-4-6-12(11)14/h3-10H,17H2,1-2H3,(H,18,19). The van der Waals surface area contributed by atoms with Gasteiger partial charge in [0, 0.05) is 21.6 Å². The third-order valence-corrected chi connectivity index (χ3v) is 4.02. The summed E-state index contributed by atoms with van der Waals surface area (Å²) in [7, 11) is 0. The first kappa shape index (κ1) is 14.0. The van der Waals surface area contributed by atoms with Crippen LogP contribution in [-0.4, -0.2) is 11.9 Å². The highest BCUT2D eigenvalue weighted by Crippen LogP contribution is 2.30.